The van der Waals surface area contributed by atoms with Crippen LogP contribution < -0.4 is 5.32 Å². The van der Waals surface area contributed by atoms with Gasteiger partial charge in [-0.05, 0) is 23.8 Å². The third-order valence-corrected chi connectivity index (χ3v) is 4.49. The Morgan fingerprint density at radius 1 is 0.667 bits per heavy atom. The van der Waals surface area contributed by atoms with Gasteiger partial charge in [-0.3, -0.25) is 4.79 Å². The Kier molecular flexibility index (Phi) is 3.06. The predicted molar refractivity (Wildman–Crippen MR) is 90.0 cm³/mol. The number of amides is 1. The summed E-state index contributed by atoms with van der Waals surface area (Å²) < 4.78 is 0. The second-order valence-corrected chi connectivity index (χ2v) is 5.78. The van der Waals surface area contributed by atoms with Crippen molar-refractivity contribution in [3.05, 3.63) is 95.1 Å². The molecule has 24 heavy (non-hydrogen) atoms. The van der Waals surface area contributed by atoms with E-state index in [9.17, 15) is 15.0 Å². The lowest BCUT2D eigenvalue weighted by Crippen LogP contribution is -2.41. The first-order valence-electron chi connectivity index (χ1n) is 7.63. The van der Waals surface area contributed by atoms with E-state index in [-0.39, 0.29) is 17.4 Å². The van der Waals surface area contributed by atoms with Gasteiger partial charge in [-0.1, -0.05) is 54.6 Å². The zero-order chi connectivity index (χ0) is 16.7. The summed E-state index contributed by atoms with van der Waals surface area (Å²) in [6, 6.07) is 20.9. The minimum absolute atomic E-state index is 0.0535. The number of benzene rings is 3. The molecule has 0 spiro atoms. The van der Waals surface area contributed by atoms with Crippen LogP contribution in [-0.2, 0) is 5.54 Å². The summed E-state index contributed by atoms with van der Waals surface area (Å²) in [4.78, 5) is 12.6. The highest BCUT2D eigenvalue weighted by molar-refractivity contribution is 6.02. The molecule has 1 amide bonds. The number of fused-ring (bicyclic) bond motifs is 1. The maximum atomic E-state index is 12.6. The second kappa shape index (κ2) is 5.13. The van der Waals surface area contributed by atoms with Crippen molar-refractivity contribution in [3.63, 3.8) is 0 Å². The zero-order valence-electron chi connectivity index (χ0n) is 12.7. The lowest BCUT2D eigenvalue weighted by molar-refractivity contribution is 0.0948. The van der Waals surface area contributed by atoms with Crippen LogP contribution in [0.1, 0.15) is 27.0 Å². The maximum absolute atomic E-state index is 12.6. The monoisotopic (exact) mass is 317 g/mol. The highest BCUT2D eigenvalue weighted by atomic mass is 16.3. The summed E-state index contributed by atoms with van der Waals surface area (Å²) in [5, 5.41) is 23.9. The van der Waals surface area contributed by atoms with Crippen LogP contribution in [0.5, 0.6) is 11.5 Å². The fourth-order valence-electron chi connectivity index (χ4n) is 3.46. The fraction of sp³-hybridized carbons (Fsp3) is 0.0500. The van der Waals surface area contributed by atoms with Crippen molar-refractivity contribution in [1.82, 2.24) is 5.32 Å². The van der Waals surface area contributed by atoms with Crippen LogP contribution in [0, 0.1) is 0 Å². The van der Waals surface area contributed by atoms with E-state index in [0.29, 0.717) is 22.3 Å². The lowest BCUT2D eigenvalue weighted by atomic mass is 9.77. The number of hydrogen-bond acceptors (Lipinski definition) is 3. The number of hydrogen-bond donors (Lipinski definition) is 3. The van der Waals surface area contributed by atoms with Crippen LogP contribution in [0.4, 0.5) is 0 Å². The Morgan fingerprint density at radius 3 is 1.67 bits per heavy atom. The van der Waals surface area contributed by atoms with Gasteiger partial charge in [0.05, 0.1) is 0 Å². The topological polar surface area (TPSA) is 69.6 Å². The van der Waals surface area contributed by atoms with Gasteiger partial charge in [0.2, 0.25) is 0 Å². The summed E-state index contributed by atoms with van der Waals surface area (Å²) in [5.74, 6) is -0.132. The number of phenols is 2. The van der Waals surface area contributed by atoms with Crippen LogP contribution in [-0.4, -0.2) is 16.1 Å². The zero-order valence-corrected chi connectivity index (χ0v) is 12.7. The molecular weight excluding hydrogens is 302 g/mol. The van der Waals surface area contributed by atoms with Crippen molar-refractivity contribution in [2.45, 2.75) is 5.54 Å². The van der Waals surface area contributed by atoms with Gasteiger partial charge >= 0.3 is 0 Å². The molecule has 3 aromatic rings. The van der Waals surface area contributed by atoms with Gasteiger partial charge in [0.1, 0.15) is 17.0 Å². The number of aromatic hydroxyl groups is 2. The van der Waals surface area contributed by atoms with Crippen LogP contribution >= 0.6 is 0 Å². The highest BCUT2D eigenvalue weighted by Crippen LogP contribution is 2.47. The van der Waals surface area contributed by atoms with Crippen molar-refractivity contribution in [2.24, 2.45) is 0 Å². The molecular formula is C20H15NO3. The number of para-hydroxylation sites is 2. The molecule has 0 saturated heterocycles. The van der Waals surface area contributed by atoms with Crippen molar-refractivity contribution in [1.29, 1.82) is 0 Å². The molecule has 3 aromatic carbocycles. The van der Waals surface area contributed by atoms with Gasteiger partial charge < -0.3 is 15.5 Å². The van der Waals surface area contributed by atoms with E-state index >= 15 is 0 Å². The van der Waals surface area contributed by atoms with Gasteiger partial charge in [-0.2, -0.15) is 0 Å². The average molecular weight is 317 g/mol. The molecule has 4 heteroatoms. The molecule has 1 heterocycles. The molecule has 1 aliphatic rings. The summed E-state index contributed by atoms with van der Waals surface area (Å²) in [7, 11) is 0. The number of nitrogens with one attached hydrogen (secondary N) is 1. The third kappa shape index (κ3) is 1.83. The van der Waals surface area contributed by atoms with Gasteiger partial charge in [0, 0.05) is 16.7 Å². The minimum atomic E-state index is -1.13. The Labute approximate surface area is 139 Å². The SMILES string of the molecule is O=C1NC(c2ccccc2O)(c2ccccc2O)c2ccccc21. The number of phenolic OH excluding ortho intramolecular Hbond substituents is 2. The Morgan fingerprint density at radius 2 is 1.12 bits per heavy atom. The molecule has 4 rings (SSSR count). The van der Waals surface area contributed by atoms with E-state index in [4.69, 9.17) is 0 Å². The Balaban J connectivity index is 2.13. The van der Waals surface area contributed by atoms with E-state index in [1.54, 1.807) is 60.7 Å². The molecule has 0 atom stereocenters. The van der Waals surface area contributed by atoms with E-state index < -0.39 is 5.54 Å². The molecule has 0 unspecified atom stereocenters. The summed E-state index contributed by atoms with van der Waals surface area (Å²) in [6.07, 6.45) is 0. The van der Waals surface area contributed by atoms with Crippen molar-refractivity contribution >= 4 is 5.91 Å². The standard InChI is InChI=1S/C20H15NO3/c22-17-11-5-3-9-15(17)20(16-10-4-6-12-18(16)23)14-8-2-1-7-13(14)19(24)21-20/h1-12,22-23H,(H,21,24). The molecule has 0 bridgehead atoms. The second-order valence-electron chi connectivity index (χ2n) is 5.78. The predicted octanol–water partition coefficient (Wildman–Crippen LogP) is 3.13. The summed E-state index contributed by atoms with van der Waals surface area (Å²) in [5.41, 5.74) is 1.14. The fourth-order valence-corrected chi connectivity index (χ4v) is 3.46. The van der Waals surface area contributed by atoms with E-state index in [2.05, 4.69) is 5.32 Å². The van der Waals surface area contributed by atoms with Gasteiger partial charge in [0.25, 0.3) is 5.91 Å². The Hall–Kier alpha value is -3.27. The van der Waals surface area contributed by atoms with Gasteiger partial charge in [-0.25, -0.2) is 0 Å². The van der Waals surface area contributed by atoms with Crippen molar-refractivity contribution < 1.29 is 15.0 Å². The largest absolute Gasteiger partial charge is 0.508 e. The lowest BCUT2D eigenvalue weighted by Gasteiger charge is -2.32. The number of rotatable bonds is 2. The number of carbonyl (C=O) groups is 1. The highest BCUT2D eigenvalue weighted by Gasteiger charge is 2.48. The summed E-state index contributed by atoms with van der Waals surface area (Å²) in [6.45, 7) is 0. The third-order valence-electron chi connectivity index (χ3n) is 4.49. The number of carbonyl (C=O) groups excluding carboxylic acids is 1. The molecule has 0 saturated carbocycles. The van der Waals surface area contributed by atoms with Crippen LogP contribution in [0.25, 0.3) is 0 Å². The van der Waals surface area contributed by atoms with Gasteiger partial charge in [-0.15, -0.1) is 0 Å². The van der Waals surface area contributed by atoms with Crippen LogP contribution in [0.3, 0.4) is 0 Å². The molecule has 0 aliphatic carbocycles. The molecule has 0 radical (unpaired) electrons. The molecule has 118 valence electrons. The van der Waals surface area contributed by atoms with E-state index in [1.807, 2.05) is 12.1 Å². The van der Waals surface area contributed by atoms with E-state index in [0.717, 1.165) is 0 Å². The van der Waals surface area contributed by atoms with Crippen molar-refractivity contribution in [2.75, 3.05) is 0 Å². The first kappa shape index (κ1) is 14.3. The molecule has 0 fully saturated rings. The van der Waals surface area contributed by atoms with Gasteiger partial charge in [0.15, 0.2) is 0 Å². The van der Waals surface area contributed by atoms with E-state index in [1.165, 1.54) is 0 Å². The smallest absolute Gasteiger partial charge is 0.252 e. The summed E-state index contributed by atoms with van der Waals surface area (Å²) >= 11 is 0. The maximum Gasteiger partial charge on any atom is 0.252 e. The average Bonchev–Trinajstić information content (AvgIpc) is 2.90. The first-order valence-corrected chi connectivity index (χ1v) is 7.63. The molecule has 3 N–H and O–H groups in total. The van der Waals surface area contributed by atoms with Crippen molar-refractivity contribution in [3.8, 4) is 11.5 Å². The molecule has 1 aliphatic heterocycles. The quantitative estimate of drug-likeness (QED) is 0.680. The van der Waals surface area contributed by atoms with Crippen LogP contribution in [0.2, 0.25) is 0 Å². The molecule has 4 nitrogen and oxygen atoms in total. The molecule has 0 aromatic heterocycles. The minimum Gasteiger partial charge on any atom is -0.508 e. The Bertz CT molecular complexity index is 903. The van der Waals surface area contributed by atoms with Crippen LogP contribution in [0.15, 0.2) is 72.8 Å². The first-order chi connectivity index (χ1) is 11.6. The normalized spacial score (nSPS) is 14.9.